The van der Waals surface area contributed by atoms with Crippen molar-refractivity contribution in [1.82, 2.24) is 5.32 Å². The summed E-state index contributed by atoms with van der Waals surface area (Å²) in [5.74, 6) is -1.44. The Morgan fingerprint density at radius 3 is 2.70 bits per heavy atom. The lowest BCUT2D eigenvalue weighted by Gasteiger charge is -2.12. The van der Waals surface area contributed by atoms with Gasteiger partial charge in [-0.05, 0) is 23.4 Å². The van der Waals surface area contributed by atoms with E-state index in [1.165, 1.54) is 30.3 Å². The zero-order valence-corrected chi connectivity index (χ0v) is 11.1. The molecule has 20 heavy (non-hydrogen) atoms. The average Bonchev–Trinajstić information content (AvgIpc) is 2.40. The maximum atomic E-state index is 11.2. The van der Waals surface area contributed by atoms with E-state index in [0.717, 1.165) is 11.8 Å². The molecule has 0 aromatic heterocycles. The Kier molecular flexibility index (Phi) is 4.41. The van der Waals surface area contributed by atoms with Crippen LogP contribution in [-0.2, 0) is 9.59 Å². The van der Waals surface area contributed by atoms with E-state index in [0.29, 0.717) is 18.5 Å². The number of aliphatic carboxylic acids is 1. The number of aliphatic imine (C=N–C) groups is 1. The molecule has 1 aliphatic heterocycles. The molecule has 0 spiro atoms. The number of nitrogens with zero attached hydrogens (tertiary/aromatic N) is 1. The molecular weight excluding hydrogens is 280 g/mol. The number of carbonyl (C=O) groups excluding carboxylic acids is 1. The van der Waals surface area contributed by atoms with Crippen LogP contribution in [0.1, 0.15) is 12.0 Å². The van der Waals surface area contributed by atoms with Crippen molar-refractivity contribution < 1.29 is 19.8 Å². The van der Waals surface area contributed by atoms with Gasteiger partial charge in [-0.1, -0.05) is 24.3 Å². The van der Waals surface area contributed by atoms with Gasteiger partial charge in [0.15, 0.2) is 5.17 Å². The minimum atomic E-state index is -1.12. The van der Waals surface area contributed by atoms with E-state index in [9.17, 15) is 14.7 Å². The van der Waals surface area contributed by atoms with Crippen LogP contribution in [0.2, 0.25) is 0 Å². The van der Waals surface area contributed by atoms with Gasteiger partial charge in [0, 0.05) is 6.42 Å². The van der Waals surface area contributed by atoms with Gasteiger partial charge in [0.25, 0.3) is 0 Å². The highest BCUT2D eigenvalue weighted by Gasteiger charge is 2.17. The van der Waals surface area contributed by atoms with Crippen molar-refractivity contribution in [3.05, 3.63) is 34.7 Å². The fourth-order valence-electron chi connectivity index (χ4n) is 1.49. The largest absolute Gasteiger partial charge is 0.872 e. The zero-order chi connectivity index (χ0) is 14.5. The Hall–Kier alpha value is -2.28. The van der Waals surface area contributed by atoms with E-state index in [4.69, 9.17) is 5.11 Å². The van der Waals surface area contributed by atoms with Crippen molar-refractivity contribution in [2.75, 3.05) is 6.54 Å². The molecule has 2 rings (SSSR count). The molecule has 0 fully saturated rings. The van der Waals surface area contributed by atoms with Gasteiger partial charge in [0.05, 0.1) is 6.54 Å². The number of carboxylic acids is 1. The molecule has 0 radical (unpaired) electrons. The Balaban J connectivity index is 2.19. The standard InChI is InChI=1S/C13H12N2O4S/c16-9-3-1-8(2-4-9)7-10(12(18)19)20-13-14-6-5-11(17)15-13/h1-4,7,16H,5-6H2,(H,18,19)(H,14,15,17)/p-1/b10-7+. The molecule has 2 N–H and O–H groups in total. The van der Waals surface area contributed by atoms with Crippen LogP contribution in [-0.4, -0.2) is 28.7 Å². The topological polar surface area (TPSA) is 102 Å². The van der Waals surface area contributed by atoms with Gasteiger partial charge in [-0.15, -0.1) is 5.75 Å². The van der Waals surface area contributed by atoms with Crippen LogP contribution in [0.3, 0.4) is 0 Å². The second-order valence-electron chi connectivity index (χ2n) is 3.97. The number of hydrogen-bond acceptors (Lipinski definition) is 5. The molecule has 0 bridgehead atoms. The first-order valence-corrected chi connectivity index (χ1v) is 6.60. The van der Waals surface area contributed by atoms with Crippen LogP contribution < -0.4 is 10.4 Å². The lowest BCUT2D eigenvalue weighted by Crippen LogP contribution is -2.33. The number of benzene rings is 1. The van der Waals surface area contributed by atoms with Crippen LogP contribution in [0.4, 0.5) is 0 Å². The predicted octanol–water partition coefficient (Wildman–Crippen LogP) is 0.795. The van der Waals surface area contributed by atoms with Gasteiger partial charge in [-0.25, -0.2) is 4.79 Å². The van der Waals surface area contributed by atoms with Crippen molar-refractivity contribution in [2.45, 2.75) is 6.42 Å². The number of rotatable bonds is 3. The molecule has 0 saturated carbocycles. The van der Waals surface area contributed by atoms with Crippen molar-refractivity contribution in [1.29, 1.82) is 0 Å². The summed E-state index contributed by atoms with van der Waals surface area (Å²) in [5, 5.41) is 22.9. The quantitative estimate of drug-likeness (QED) is 0.802. The SMILES string of the molecule is O=C1CCN=C(S/C(=C/c2ccc([O-])cc2)C(=O)O)N1. The van der Waals surface area contributed by atoms with E-state index in [1.807, 2.05) is 0 Å². The molecule has 6 nitrogen and oxygen atoms in total. The Morgan fingerprint density at radius 1 is 1.40 bits per heavy atom. The predicted molar refractivity (Wildman–Crippen MR) is 74.2 cm³/mol. The van der Waals surface area contributed by atoms with E-state index >= 15 is 0 Å². The summed E-state index contributed by atoms with van der Waals surface area (Å²) < 4.78 is 0. The van der Waals surface area contributed by atoms with Gasteiger partial charge in [-0.3, -0.25) is 9.79 Å². The van der Waals surface area contributed by atoms with Crippen molar-refractivity contribution in [3.63, 3.8) is 0 Å². The number of carboxylic acid groups (broad SMARTS) is 1. The third-order valence-electron chi connectivity index (χ3n) is 2.44. The van der Waals surface area contributed by atoms with Crippen LogP contribution in [0, 0.1) is 0 Å². The fraction of sp³-hybridized carbons (Fsp3) is 0.154. The van der Waals surface area contributed by atoms with Crippen LogP contribution >= 0.6 is 11.8 Å². The molecule has 7 heteroatoms. The summed E-state index contributed by atoms with van der Waals surface area (Å²) in [5.41, 5.74) is 0.595. The van der Waals surface area contributed by atoms with Crippen LogP contribution in [0.15, 0.2) is 34.2 Å². The Morgan fingerprint density at radius 2 is 2.10 bits per heavy atom. The highest BCUT2D eigenvalue weighted by molar-refractivity contribution is 8.18. The number of amides is 1. The first-order valence-electron chi connectivity index (χ1n) is 5.79. The lowest BCUT2D eigenvalue weighted by atomic mass is 10.2. The lowest BCUT2D eigenvalue weighted by molar-refractivity contribution is -0.268. The molecule has 1 aliphatic rings. The normalized spacial score (nSPS) is 15.5. The third kappa shape index (κ3) is 3.86. The van der Waals surface area contributed by atoms with Crippen molar-refractivity contribution in [2.24, 2.45) is 4.99 Å². The number of thioether (sulfide) groups is 1. The summed E-state index contributed by atoms with van der Waals surface area (Å²) in [6.07, 6.45) is 1.73. The maximum absolute atomic E-state index is 11.2. The van der Waals surface area contributed by atoms with Gasteiger partial charge in [-0.2, -0.15) is 0 Å². The second-order valence-corrected chi connectivity index (χ2v) is 5.00. The molecule has 1 aromatic carbocycles. The summed E-state index contributed by atoms with van der Waals surface area (Å²) >= 11 is 0.878. The van der Waals surface area contributed by atoms with Gasteiger partial charge in [0.1, 0.15) is 4.91 Å². The molecule has 0 unspecified atom stereocenters. The number of nitrogens with one attached hydrogen (secondary N) is 1. The van der Waals surface area contributed by atoms with Crippen LogP contribution in [0.25, 0.3) is 6.08 Å². The highest BCUT2D eigenvalue weighted by atomic mass is 32.2. The molecular formula is C13H11N2O4S-. The summed E-state index contributed by atoms with van der Waals surface area (Å²) in [6, 6.07) is 5.78. The van der Waals surface area contributed by atoms with Crippen LogP contribution in [0.5, 0.6) is 5.75 Å². The number of amidine groups is 1. The smallest absolute Gasteiger partial charge is 0.342 e. The first kappa shape index (κ1) is 14.1. The van der Waals surface area contributed by atoms with Crippen molar-refractivity contribution >= 4 is 34.9 Å². The summed E-state index contributed by atoms with van der Waals surface area (Å²) in [6.45, 7) is 0.353. The number of carbonyl (C=O) groups is 2. The van der Waals surface area contributed by atoms with E-state index in [1.54, 1.807) is 0 Å². The van der Waals surface area contributed by atoms with Gasteiger partial charge >= 0.3 is 5.97 Å². The molecule has 0 saturated heterocycles. The highest BCUT2D eigenvalue weighted by Crippen LogP contribution is 2.22. The van der Waals surface area contributed by atoms with Gasteiger partial charge in [0.2, 0.25) is 5.91 Å². The average molecular weight is 291 g/mol. The number of hydrogen-bond donors (Lipinski definition) is 2. The minimum absolute atomic E-state index is 0.0181. The van der Waals surface area contributed by atoms with Gasteiger partial charge < -0.3 is 15.5 Å². The fourth-order valence-corrected chi connectivity index (χ4v) is 2.30. The maximum Gasteiger partial charge on any atom is 0.342 e. The zero-order valence-electron chi connectivity index (χ0n) is 10.3. The minimum Gasteiger partial charge on any atom is -0.872 e. The summed E-state index contributed by atoms with van der Waals surface area (Å²) in [7, 11) is 0. The Labute approximate surface area is 119 Å². The molecule has 104 valence electrons. The van der Waals surface area contributed by atoms with E-state index in [-0.39, 0.29) is 21.7 Å². The molecule has 0 atom stereocenters. The monoisotopic (exact) mass is 291 g/mol. The Bertz CT molecular complexity index is 593. The van der Waals surface area contributed by atoms with E-state index < -0.39 is 5.97 Å². The molecule has 0 aliphatic carbocycles. The van der Waals surface area contributed by atoms with Crippen molar-refractivity contribution in [3.8, 4) is 5.75 Å². The first-order chi connectivity index (χ1) is 9.54. The third-order valence-corrected chi connectivity index (χ3v) is 3.37. The molecule has 1 aromatic rings. The second kappa shape index (κ2) is 6.25. The molecule has 1 amide bonds. The summed E-state index contributed by atoms with van der Waals surface area (Å²) in [4.78, 5) is 26.5. The molecule has 1 heterocycles. The van der Waals surface area contributed by atoms with E-state index in [2.05, 4.69) is 10.3 Å².